The van der Waals surface area contributed by atoms with Crippen LogP contribution in [0, 0.1) is 0 Å². The lowest BCUT2D eigenvalue weighted by Crippen LogP contribution is -2.35. The number of fused-ring (bicyclic) bond motifs is 1. The molecule has 140 valence electrons. The molecular weight excluding hydrogens is 344 g/mol. The molecule has 7 nitrogen and oxygen atoms in total. The summed E-state index contributed by atoms with van der Waals surface area (Å²) in [4.78, 5) is 26.5. The number of benzene rings is 1. The van der Waals surface area contributed by atoms with E-state index in [0.717, 1.165) is 44.1 Å². The van der Waals surface area contributed by atoms with Crippen LogP contribution in [0.5, 0.6) is 0 Å². The van der Waals surface area contributed by atoms with Gasteiger partial charge in [0, 0.05) is 31.4 Å². The first kappa shape index (κ1) is 17.6. The van der Waals surface area contributed by atoms with E-state index in [2.05, 4.69) is 32.0 Å². The standard InChI is InChI=1S/C20H22N4O3/c1-2-27-20(25)16-11-21-19-17(16)18(22-13-23-19)15-5-3-4-14(10-15)12-24-6-8-26-9-7-24/h3-5,10-11,13H,2,6-9,12H2,1H3,(H,21,22,23). The van der Waals surface area contributed by atoms with E-state index in [1.165, 1.54) is 11.9 Å². The van der Waals surface area contributed by atoms with Crippen LogP contribution in [-0.2, 0) is 16.0 Å². The predicted molar refractivity (Wildman–Crippen MR) is 101 cm³/mol. The fraction of sp³-hybridized carbons (Fsp3) is 0.350. The van der Waals surface area contributed by atoms with Gasteiger partial charge in [0.15, 0.2) is 0 Å². The first-order valence-electron chi connectivity index (χ1n) is 9.15. The molecule has 0 bridgehead atoms. The summed E-state index contributed by atoms with van der Waals surface area (Å²) in [6, 6.07) is 8.27. The molecule has 2 aromatic heterocycles. The molecular formula is C20H22N4O3. The Labute approximate surface area is 157 Å². The zero-order chi connectivity index (χ0) is 18.6. The number of nitrogens with zero attached hydrogens (tertiary/aromatic N) is 3. The fourth-order valence-electron chi connectivity index (χ4n) is 3.39. The molecule has 27 heavy (non-hydrogen) atoms. The molecule has 0 saturated carbocycles. The van der Waals surface area contributed by atoms with Gasteiger partial charge in [-0.25, -0.2) is 14.8 Å². The van der Waals surface area contributed by atoms with Crippen molar-refractivity contribution < 1.29 is 14.3 Å². The van der Waals surface area contributed by atoms with Crippen molar-refractivity contribution >= 4 is 17.0 Å². The van der Waals surface area contributed by atoms with Gasteiger partial charge in [0.25, 0.3) is 0 Å². The van der Waals surface area contributed by atoms with Crippen LogP contribution in [0.2, 0.25) is 0 Å². The second kappa shape index (κ2) is 7.85. The molecule has 0 spiro atoms. The Morgan fingerprint density at radius 2 is 2.15 bits per heavy atom. The van der Waals surface area contributed by atoms with E-state index in [4.69, 9.17) is 9.47 Å². The first-order valence-corrected chi connectivity index (χ1v) is 9.15. The van der Waals surface area contributed by atoms with Crippen molar-refractivity contribution in [2.75, 3.05) is 32.9 Å². The topological polar surface area (TPSA) is 80.3 Å². The van der Waals surface area contributed by atoms with Crippen molar-refractivity contribution in [1.29, 1.82) is 0 Å². The predicted octanol–water partition coefficient (Wildman–Crippen LogP) is 2.63. The van der Waals surface area contributed by atoms with E-state index in [0.29, 0.717) is 23.2 Å². The summed E-state index contributed by atoms with van der Waals surface area (Å²) in [6.07, 6.45) is 3.15. The number of aromatic nitrogens is 3. The van der Waals surface area contributed by atoms with Gasteiger partial charge in [-0.3, -0.25) is 4.90 Å². The van der Waals surface area contributed by atoms with Gasteiger partial charge in [-0.05, 0) is 18.6 Å². The van der Waals surface area contributed by atoms with E-state index in [-0.39, 0.29) is 5.97 Å². The molecule has 7 heteroatoms. The number of nitrogens with one attached hydrogen (secondary N) is 1. The lowest BCUT2D eigenvalue weighted by Gasteiger charge is -2.26. The van der Waals surface area contributed by atoms with Gasteiger partial charge in [-0.15, -0.1) is 0 Å². The van der Waals surface area contributed by atoms with Gasteiger partial charge in [-0.1, -0.05) is 18.2 Å². The second-order valence-electron chi connectivity index (χ2n) is 6.46. The number of ether oxygens (including phenoxy) is 2. The number of esters is 1. The summed E-state index contributed by atoms with van der Waals surface area (Å²) in [7, 11) is 0. The number of H-pyrrole nitrogens is 1. The van der Waals surface area contributed by atoms with Crippen LogP contribution in [0.1, 0.15) is 22.8 Å². The molecule has 4 rings (SSSR count). The average molecular weight is 366 g/mol. The monoisotopic (exact) mass is 366 g/mol. The molecule has 1 fully saturated rings. The minimum absolute atomic E-state index is 0.323. The van der Waals surface area contributed by atoms with E-state index in [1.54, 1.807) is 13.1 Å². The van der Waals surface area contributed by atoms with Gasteiger partial charge in [0.2, 0.25) is 0 Å². The van der Waals surface area contributed by atoms with Crippen molar-refractivity contribution in [2.24, 2.45) is 0 Å². The third-order valence-electron chi connectivity index (χ3n) is 4.68. The minimum atomic E-state index is -0.371. The highest BCUT2D eigenvalue weighted by atomic mass is 16.5. The summed E-state index contributed by atoms with van der Waals surface area (Å²) in [5, 5.41) is 0.694. The highest BCUT2D eigenvalue weighted by Crippen LogP contribution is 2.29. The molecule has 1 saturated heterocycles. The molecule has 3 aromatic rings. The number of aromatic amines is 1. The highest BCUT2D eigenvalue weighted by molar-refractivity contribution is 6.08. The first-order chi connectivity index (χ1) is 13.3. The van der Waals surface area contributed by atoms with Gasteiger partial charge in [0.1, 0.15) is 12.0 Å². The zero-order valence-electron chi connectivity index (χ0n) is 15.3. The molecule has 1 N–H and O–H groups in total. The average Bonchev–Trinajstić information content (AvgIpc) is 3.13. The Kier molecular flexibility index (Phi) is 5.13. The van der Waals surface area contributed by atoms with Gasteiger partial charge in [0.05, 0.1) is 36.5 Å². The largest absolute Gasteiger partial charge is 0.462 e. The van der Waals surface area contributed by atoms with Gasteiger partial charge >= 0.3 is 5.97 Å². The summed E-state index contributed by atoms with van der Waals surface area (Å²) in [5.74, 6) is -0.371. The summed E-state index contributed by atoms with van der Waals surface area (Å²) in [5.41, 5.74) is 3.98. The molecule has 1 aliphatic rings. The van der Waals surface area contributed by atoms with Crippen LogP contribution in [0.4, 0.5) is 0 Å². The molecule has 0 aliphatic carbocycles. The second-order valence-corrected chi connectivity index (χ2v) is 6.46. The zero-order valence-corrected chi connectivity index (χ0v) is 15.3. The molecule has 0 unspecified atom stereocenters. The normalized spacial score (nSPS) is 15.1. The summed E-state index contributed by atoms with van der Waals surface area (Å²) < 4.78 is 10.6. The molecule has 1 aromatic carbocycles. The van der Waals surface area contributed by atoms with Gasteiger partial charge < -0.3 is 14.5 Å². The molecule has 0 radical (unpaired) electrons. The van der Waals surface area contributed by atoms with Gasteiger partial charge in [-0.2, -0.15) is 0 Å². The molecule has 0 atom stereocenters. The Morgan fingerprint density at radius 3 is 2.96 bits per heavy atom. The Balaban J connectivity index is 1.70. The quantitative estimate of drug-likeness (QED) is 0.699. The fourth-order valence-corrected chi connectivity index (χ4v) is 3.39. The van der Waals surface area contributed by atoms with Crippen molar-refractivity contribution in [3.63, 3.8) is 0 Å². The van der Waals surface area contributed by atoms with Crippen LogP contribution < -0.4 is 0 Å². The maximum Gasteiger partial charge on any atom is 0.340 e. The summed E-state index contributed by atoms with van der Waals surface area (Å²) in [6.45, 7) is 6.41. The number of hydrogen-bond donors (Lipinski definition) is 1. The Morgan fingerprint density at radius 1 is 1.30 bits per heavy atom. The Bertz CT molecular complexity index is 947. The van der Waals surface area contributed by atoms with Crippen molar-refractivity contribution in [3.05, 3.63) is 47.9 Å². The number of carbonyl (C=O) groups is 1. The lowest BCUT2D eigenvalue weighted by molar-refractivity contribution is 0.0342. The van der Waals surface area contributed by atoms with Crippen LogP contribution >= 0.6 is 0 Å². The third-order valence-corrected chi connectivity index (χ3v) is 4.68. The molecule has 1 aliphatic heterocycles. The van der Waals surface area contributed by atoms with Crippen LogP contribution in [0.15, 0.2) is 36.8 Å². The van der Waals surface area contributed by atoms with Crippen LogP contribution in [0.3, 0.4) is 0 Å². The lowest BCUT2D eigenvalue weighted by atomic mass is 10.0. The van der Waals surface area contributed by atoms with E-state index < -0.39 is 0 Å². The Hall–Kier alpha value is -2.77. The minimum Gasteiger partial charge on any atom is -0.462 e. The number of rotatable bonds is 5. The summed E-state index contributed by atoms with van der Waals surface area (Å²) >= 11 is 0. The maximum absolute atomic E-state index is 12.3. The SMILES string of the molecule is CCOC(=O)c1c[nH]c2ncnc(-c3cccc(CN4CCOCC4)c3)c12. The van der Waals surface area contributed by atoms with E-state index in [1.807, 2.05) is 12.1 Å². The van der Waals surface area contributed by atoms with E-state index in [9.17, 15) is 4.79 Å². The van der Waals surface area contributed by atoms with Crippen molar-refractivity contribution in [1.82, 2.24) is 19.9 Å². The molecule has 3 heterocycles. The smallest absolute Gasteiger partial charge is 0.340 e. The number of hydrogen-bond acceptors (Lipinski definition) is 6. The van der Waals surface area contributed by atoms with Crippen LogP contribution in [0.25, 0.3) is 22.3 Å². The number of carbonyl (C=O) groups excluding carboxylic acids is 1. The molecule has 0 amide bonds. The third kappa shape index (κ3) is 3.70. The van der Waals surface area contributed by atoms with E-state index >= 15 is 0 Å². The van der Waals surface area contributed by atoms with Crippen molar-refractivity contribution in [3.8, 4) is 11.3 Å². The van der Waals surface area contributed by atoms with Crippen LogP contribution in [-0.4, -0.2) is 58.7 Å². The highest BCUT2D eigenvalue weighted by Gasteiger charge is 2.19. The maximum atomic E-state index is 12.3. The number of morpholine rings is 1. The van der Waals surface area contributed by atoms with Crippen molar-refractivity contribution in [2.45, 2.75) is 13.5 Å².